The molecular formula is C7H7Br2N3. The number of anilines is 1. The van der Waals surface area contributed by atoms with E-state index in [1.165, 1.54) is 6.33 Å². The quantitative estimate of drug-likeness (QED) is 0.930. The molecule has 0 fully saturated rings. The summed E-state index contributed by atoms with van der Waals surface area (Å²) in [4.78, 5) is 7.86. The van der Waals surface area contributed by atoms with E-state index in [1.54, 1.807) is 6.20 Å². The highest BCUT2D eigenvalue weighted by molar-refractivity contribution is 9.11. The summed E-state index contributed by atoms with van der Waals surface area (Å²) in [6, 6.07) is 0. The van der Waals surface area contributed by atoms with Crippen molar-refractivity contribution in [2.75, 3.05) is 11.9 Å². The maximum Gasteiger partial charge on any atom is 0.144 e. The molecule has 0 atom stereocenters. The summed E-state index contributed by atoms with van der Waals surface area (Å²) in [6.07, 6.45) is 3.18. The number of halogens is 2. The van der Waals surface area contributed by atoms with E-state index in [0.29, 0.717) is 6.54 Å². The van der Waals surface area contributed by atoms with Gasteiger partial charge in [0.25, 0.3) is 0 Å². The van der Waals surface area contributed by atoms with Crippen LogP contribution in [0.5, 0.6) is 0 Å². The van der Waals surface area contributed by atoms with Crippen LogP contribution in [0.2, 0.25) is 0 Å². The first-order valence-corrected chi connectivity index (χ1v) is 4.81. The second-order valence-electron chi connectivity index (χ2n) is 2.09. The van der Waals surface area contributed by atoms with Crippen molar-refractivity contribution in [1.82, 2.24) is 9.97 Å². The minimum Gasteiger partial charge on any atom is -0.364 e. The lowest BCUT2D eigenvalue weighted by molar-refractivity contribution is 1.12. The van der Waals surface area contributed by atoms with Crippen LogP contribution in [0.15, 0.2) is 28.1 Å². The first kappa shape index (κ1) is 9.67. The molecule has 64 valence electrons. The summed E-state index contributed by atoms with van der Waals surface area (Å²) in [5.74, 6) is 0.769. The Morgan fingerprint density at radius 1 is 1.67 bits per heavy atom. The molecule has 1 N–H and O–H groups in total. The summed E-state index contributed by atoms with van der Waals surface area (Å²) < 4.78 is 1.73. The largest absolute Gasteiger partial charge is 0.364 e. The highest BCUT2D eigenvalue weighted by atomic mass is 79.9. The van der Waals surface area contributed by atoms with Gasteiger partial charge in [-0.3, -0.25) is 0 Å². The van der Waals surface area contributed by atoms with Crippen LogP contribution in [-0.4, -0.2) is 16.5 Å². The molecule has 0 aromatic carbocycles. The van der Waals surface area contributed by atoms with Crippen molar-refractivity contribution in [2.45, 2.75) is 0 Å². The van der Waals surface area contributed by atoms with E-state index in [9.17, 15) is 0 Å². The standard InChI is InChI=1S/C7H7Br2N3/c1-5(8)2-11-7-6(9)3-10-4-12-7/h3-4H,1-2H2,(H,10,11,12). The summed E-state index contributed by atoms with van der Waals surface area (Å²) in [5.41, 5.74) is 0. The van der Waals surface area contributed by atoms with Crippen LogP contribution in [-0.2, 0) is 0 Å². The van der Waals surface area contributed by atoms with Gasteiger partial charge in [-0.2, -0.15) is 0 Å². The average Bonchev–Trinajstić information content (AvgIpc) is 2.03. The average molecular weight is 293 g/mol. The predicted octanol–water partition coefficient (Wildman–Crippen LogP) is 2.56. The predicted molar refractivity (Wildman–Crippen MR) is 56.3 cm³/mol. The van der Waals surface area contributed by atoms with E-state index in [-0.39, 0.29) is 0 Å². The molecule has 1 aromatic heterocycles. The van der Waals surface area contributed by atoms with Crippen LogP contribution < -0.4 is 5.32 Å². The van der Waals surface area contributed by atoms with Crippen molar-refractivity contribution >= 4 is 37.7 Å². The molecule has 0 radical (unpaired) electrons. The monoisotopic (exact) mass is 291 g/mol. The van der Waals surface area contributed by atoms with Crippen LogP contribution in [0, 0.1) is 0 Å². The summed E-state index contributed by atoms with van der Waals surface area (Å²) in [7, 11) is 0. The van der Waals surface area contributed by atoms with E-state index in [2.05, 4.69) is 53.7 Å². The number of nitrogens with one attached hydrogen (secondary N) is 1. The van der Waals surface area contributed by atoms with Crippen LogP contribution >= 0.6 is 31.9 Å². The zero-order chi connectivity index (χ0) is 8.97. The fourth-order valence-electron chi connectivity index (χ4n) is 0.622. The van der Waals surface area contributed by atoms with Crippen LogP contribution in [0.1, 0.15) is 0 Å². The van der Waals surface area contributed by atoms with Gasteiger partial charge in [-0.25, -0.2) is 9.97 Å². The summed E-state index contributed by atoms with van der Waals surface area (Å²) in [6.45, 7) is 4.34. The molecule has 1 heterocycles. The van der Waals surface area contributed by atoms with Crippen molar-refractivity contribution in [2.24, 2.45) is 0 Å². The lowest BCUT2D eigenvalue weighted by atomic mass is 10.5. The molecule has 3 nitrogen and oxygen atoms in total. The molecule has 0 spiro atoms. The van der Waals surface area contributed by atoms with Gasteiger partial charge < -0.3 is 5.32 Å². The lowest BCUT2D eigenvalue weighted by Gasteiger charge is -2.04. The highest BCUT2D eigenvalue weighted by Gasteiger charge is 1.98. The van der Waals surface area contributed by atoms with Crippen molar-refractivity contribution in [3.05, 3.63) is 28.1 Å². The molecule has 0 aliphatic heterocycles. The lowest BCUT2D eigenvalue weighted by Crippen LogP contribution is -2.03. The van der Waals surface area contributed by atoms with Crippen LogP contribution in [0.4, 0.5) is 5.82 Å². The number of nitrogens with zero attached hydrogens (tertiary/aromatic N) is 2. The zero-order valence-corrected chi connectivity index (χ0v) is 9.39. The molecular weight excluding hydrogens is 286 g/mol. The second-order valence-corrected chi connectivity index (χ2v) is 4.07. The maximum absolute atomic E-state index is 4.02. The fraction of sp³-hybridized carbons (Fsp3) is 0.143. The molecule has 0 aliphatic carbocycles. The van der Waals surface area contributed by atoms with Gasteiger partial charge in [-0.15, -0.1) is 0 Å². The molecule has 1 aromatic rings. The molecule has 0 unspecified atom stereocenters. The van der Waals surface area contributed by atoms with Gasteiger partial charge in [0.2, 0.25) is 0 Å². The van der Waals surface area contributed by atoms with Crippen molar-refractivity contribution in [1.29, 1.82) is 0 Å². The fourth-order valence-corrected chi connectivity index (χ4v) is 1.12. The zero-order valence-electron chi connectivity index (χ0n) is 6.22. The topological polar surface area (TPSA) is 37.8 Å². The third-order valence-electron chi connectivity index (χ3n) is 1.12. The first-order valence-electron chi connectivity index (χ1n) is 3.23. The van der Waals surface area contributed by atoms with E-state index < -0.39 is 0 Å². The van der Waals surface area contributed by atoms with Gasteiger partial charge in [-0.05, 0) is 15.9 Å². The molecule has 0 amide bonds. The van der Waals surface area contributed by atoms with Gasteiger partial charge >= 0.3 is 0 Å². The summed E-state index contributed by atoms with van der Waals surface area (Å²) >= 11 is 6.55. The molecule has 5 heteroatoms. The Balaban J connectivity index is 2.63. The normalized spacial score (nSPS) is 9.50. The Morgan fingerprint density at radius 2 is 2.42 bits per heavy atom. The van der Waals surface area contributed by atoms with Crippen molar-refractivity contribution < 1.29 is 0 Å². The Hall–Kier alpha value is -0.420. The minimum absolute atomic E-state index is 0.648. The Bertz CT molecular complexity index is 288. The Morgan fingerprint density at radius 3 is 3.00 bits per heavy atom. The second kappa shape index (κ2) is 4.57. The molecule has 0 saturated carbocycles. The van der Waals surface area contributed by atoms with Gasteiger partial charge in [-0.1, -0.05) is 22.5 Å². The van der Waals surface area contributed by atoms with Crippen LogP contribution in [0.3, 0.4) is 0 Å². The van der Waals surface area contributed by atoms with E-state index >= 15 is 0 Å². The number of rotatable bonds is 3. The molecule has 1 rings (SSSR count). The minimum atomic E-state index is 0.648. The first-order chi connectivity index (χ1) is 5.70. The van der Waals surface area contributed by atoms with Crippen LogP contribution in [0.25, 0.3) is 0 Å². The number of hydrogen-bond acceptors (Lipinski definition) is 3. The molecule has 0 saturated heterocycles. The SMILES string of the molecule is C=C(Br)CNc1ncncc1Br. The van der Waals surface area contributed by atoms with Gasteiger partial charge in [0.1, 0.15) is 12.1 Å². The number of aromatic nitrogens is 2. The summed E-state index contributed by atoms with van der Waals surface area (Å²) in [5, 5.41) is 3.07. The van der Waals surface area contributed by atoms with Crippen molar-refractivity contribution in [3.63, 3.8) is 0 Å². The smallest absolute Gasteiger partial charge is 0.144 e. The third-order valence-corrected chi connectivity index (χ3v) is 1.98. The van der Waals surface area contributed by atoms with Crippen molar-refractivity contribution in [3.8, 4) is 0 Å². The molecule has 0 bridgehead atoms. The Kier molecular flexibility index (Phi) is 3.68. The van der Waals surface area contributed by atoms with E-state index in [1.807, 2.05) is 0 Å². The Labute approximate surface area is 87.6 Å². The molecule has 0 aliphatic rings. The third kappa shape index (κ3) is 2.91. The highest BCUT2D eigenvalue weighted by Crippen LogP contribution is 2.17. The van der Waals surface area contributed by atoms with Gasteiger partial charge in [0, 0.05) is 17.2 Å². The van der Waals surface area contributed by atoms with Gasteiger partial charge in [0.15, 0.2) is 0 Å². The molecule has 12 heavy (non-hydrogen) atoms. The maximum atomic E-state index is 4.02. The number of hydrogen-bond donors (Lipinski definition) is 1. The van der Waals surface area contributed by atoms with E-state index in [4.69, 9.17) is 0 Å². The van der Waals surface area contributed by atoms with E-state index in [0.717, 1.165) is 14.8 Å². The van der Waals surface area contributed by atoms with Gasteiger partial charge in [0.05, 0.1) is 4.47 Å².